The van der Waals surface area contributed by atoms with Crippen molar-refractivity contribution in [2.75, 3.05) is 5.73 Å². The average Bonchev–Trinajstić information content (AvgIpc) is 2.42. The molecule has 2 rings (SSSR count). The van der Waals surface area contributed by atoms with Gasteiger partial charge in [0, 0.05) is 15.7 Å². The molecule has 0 fully saturated rings. The van der Waals surface area contributed by atoms with Gasteiger partial charge in [0.1, 0.15) is 0 Å². The molecule has 0 radical (unpaired) electrons. The molecule has 0 heterocycles. The molecular weight excluding hydrogens is 316 g/mol. The van der Waals surface area contributed by atoms with Crippen molar-refractivity contribution in [3.8, 4) is 0 Å². The zero-order chi connectivity index (χ0) is 14.7. The van der Waals surface area contributed by atoms with Crippen LogP contribution in [0, 0.1) is 6.92 Å². The molecule has 1 atom stereocenters. The molecule has 0 aliphatic carbocycles. The van der Waals surface area contributed by atoms with E-state index in [1.807, 2.05) is 38.1 Å². The summed E-state index contributed by atoms with van der Waals surface area (Å²) < 4.78 is 0.792. The first-order chi connectivity index (χ1) is 9.47. The molecule has 2 aromatic carbocycles. The summed E-state index contributed by atoms with van der Waals surface area (Å²) in [5.74, 6) is -0.128. The Hall–Kier alpha value is -1.81. The first-order valence-electron chi connectivity index (χ1n) is 6.40. The molecule has 0 unspecified atom stereocenters. The SMILES string of the molecule is Cc1ccc([C@@H](C)NC(=O)c2ccc(Br)c(N)c2)cc1. The van der Waals surface area contributed by atoms with E-state index in [0.717, 1.165) is 10.0 Å². The number of halogens is 1. The van der Waals surface area contributed by atoms with Crippen molar-refractivity contribution in [2.24, 2.45) is 0 Å². The number of carbonyl (C=O) groups is 1. The lowest BCUT2D eigenvalue weighted by Crippen LogP contribution is -2.26. The van der Waals surface area contributed by atoms with Crippen LogP contribution in [-0.4, -0.2) is 5.91 Å². The molecule has 0 aromatic heterocycles. The van der Waals surface area contributed by atoms with Crippen molar-refractivity contribution >= 4 is 27.5 Å². The third kappa shape index (κ3) is 3.39. The van der Waals surface area contributed by atoms with Crippen molar-refractivity contribution in [1.29, 1.82) is 0 Å². The molecule has 0 saturated carbocycles. The number of benzene rings is 2. The fraction of sp³-hybridized carbons (Fsp3) is 0.188. The molecule has 0 aliphatic heterocycles. The molecule has 104 valence electrons. The molecule has 3 N–H and O–H groups in total. The standard InChI is InChI=1S/C16H17BrN2O/c1-10-3-5-12(6-4-10)11(2)19-16(20)13-7-8-14(17)15(18)9-13/h3-9,11H,18H2,1-2H3,(H,19,20)/t11-/m1/s1. The minimum absolute atomic E-state index is 0.0482. The Balaban J connectivity index is 2.10. The highest BCUT2D eigenvalue weighted by atomic mass is 79.9. The smallest absolute Gasteiger partial charge is 0.251 e. The minimum Gasteiger partial charge on any atom is -0.398 e. The van der Waals surface area contributed by atoms with Gasteiger partial charge in [0.2, 0.25) is 0 Å². The maximum absolute atomic E-state index is 12.2. The molecule has 2 aromatic rings. The second-order valence-electron chi connectivity index (χ2n) is 4.84. The van der Waals surface area contributed by atoms with E-state index in [1.54, 1.807) is 18.2 Å². The summed E-state index contributed by atoms with van der Waals surface area (Å²) in [5, 5.41) is 2.97. The molecule has 1 amide bonds. The number of amides is 1. The maximum atomic E-state index is 12.2. The molecule has 3 nitrogen and oxygen atoms in total. The van der Waals surface area contributed by atoms with E-state index in [1.165, 1.54) is 5.56 Å². The average molecular weight is 333 g/mol. The Morgan fingerprint density at radius 3 is 2.45 bits per heavy atom. The van der Waals surface area contributed by atoms with E-state index >= 15 is 0 Å². The third-order valence-corrected chi connectivity index (χ3v) is 3.91. The van der Waals surface area contributed by atoms with Gasteiger partial charge in [-0.05, 0) is 53.5 Å². The Morgan fingerprint density at radius 1 is 1.20 bits per heavy atom. The zero-order valence-corrected chi connectivity index (χ0v) is 13.1. The lowest BCUT2D eigenvalue weighted by Gasteiger charge is -2.15. The van der Waals surface area contributed by atoms with Crippen LogP contribution < -0.4 is 11.1 Å². The van der Waals surface area contributed by atoms with E-state index < -0.39 is 0 Å². The van der Waals surface area contributed by atoms with Crippen molar-refractivity contribution < 1.29 is 4.79 Å². The Kier molecular flexibility index (Phi) is 4.45. The normalized spacial score (nSPS) is 11.9. The van der Waals surface area contributed by atoms with Crippen LogP contribution in [0.15, 0.2) is 46.9 Å². The zero-order valence-electron chi connectivity index (χ0n) is 11.5. The predicted octanol–water partition coefficient (Wildman–Crippen LogP) is 3.83. The molecule has 20 heavy (non-hydrogen) atoms. The number of hydrogen-bond acceptors (Lipinski definition) is 2. The maximum Gasteiger partial charge on any atom is 0.251 e. The van der Waals surface area contributed by atoms with Gasteiger partial charge >= 0.3 is 0 Å². The summed E-state index contributed by atoms with van der Waals surface area (Å²) >= 11 is 3.32. The van der Waals surface area contributed by atoms with Crippen LogP contribution in [0.1, 0.15) is 34.5 Å². The van der Waals surface area contributed by atoms with Crippen LogP contribution in [0.25, 0.3) is 0 Å². The van der Waals surface area contributed by atoms with Crippen LogP contribution in [0.4, 0.5) is 5.69 Å². The first-order valence-corrected chi connectivity index (χ1v) is 7.19. The monoisotopic (exact) mass is 332 g/mol. The minimum atomic E-state index is -0.128. The topological polar surface area (TPSA) is 55.1 Å². The van der Waals surface area contributed by atoms with Crippen LogP contribution >= 0.6 is 15.9 Å². The highest BCUT2D eigenvalue weighted by molar-refractivity contribution is 9.10. The van der Waals surface area contributed by atoms with E-state index in [4.69, 9.17) is 5.73 Å². The number of rotatable bonds is 3. The van der Waals surface area contributed by atoms with Gasteiger partial charge in [-0.25, -0.2) is 0 Å². The highest BCUT2D eigenvalue weighted by Gasteiger charge is 2.12. The van der Waals surface area contributed by atoms with Crippen molar-refractivity contribution in [3.05, 3.63) is 63.6 Å². The van der Waals surface area contributed by atoms with Gasteiger partial charge in [-0.2, -0.15) is 0 Å². The molecule has 4 heteroatoms. The van der Waals surface area contributed by atoms with Crippen LogP contribution in [0.2, 0.25) is 0 Å². The quantitative estimate of drug-likeness (QED) is 0.839. The summed E-state index contributed by atoms with van der Waals surface area (Å²) in [6, 6.07) is 13.3. The van der Waals surface area contributed by atoms with Crippen molar-refractivity contribution in [2.45, 2.75) is 19.9 Å². The van der Waals surface area contributed by atoms with Crippen LogP contribution in [0.5, 0.6) is 0 Å². The van der Waals surface area contributed by atoms with Gasteiger partial charge in [-0.15, -0.1) is 0 Å². The summed E-state index contributed by atoms with van der Waals surface area (Å²) in [6.07, 6.45) is 0. The van der Waals surface area contributed by atoms with Crippen LogP contribution in [0.3, 0.4) is 0 Å². The van der Waals surface area contributed by atoms with Gasteiger partial charge in [-0.1, -0.05) is 29.8 Å². The molecule has 0 bridgehead atoms. The van der Waals surface area contributed by atoms with Gasteiger partial charge in [0.25, 0.3) is 5.91 Å². The van der Waals surface area contributed by atoms with E-state index in [-0.39, 0.29) is 11.9 Å². The fourth-order valence-corrected chi connectivity index (χ4v) is 2.15. The largest absolute Gasteiger partial charge is 0.398 e. The van der Waals surface area contributed by atoms with Gasteiger partial charge < -0.3 is 11.1 Å². The van der Waals surface area contributed by atoms with Crippen molar-refractivity contribution in [3.63, 3.8) is 0 Å². The highest BCUT2D eigenvalue weighted by Crippen LogP contribution is 2.21. The number of carbonyl (C=O) groups excluding carboxylic acids is 1. The lowest BCUT2D eigenvalue weighted by atomic mass is 10.1. The second kappa shape index (κ2) is 6.09. The Morgan fingerprint density at radius 2 is 1.85 bits per heavy atom. The summed E-state index contributed by atoms with van der Waals surface area (Å²) in [7, 11) is 0. The number of nitrogen functional groups attached to an aromatic ring is 1. The molecule has 0 saturated heterocycles. The van der Waals surface area contributed by atoms with E-state index in [9.17, 15) is 4.79 Å². The van der Waals surface area contributed by atoms with Gasteiger partial charge in [-0.3, -0.25) is 4.79 Å². The number of nitrogens with two attached hydrogens (primary N) is 1. The van der Waals surface area contributed by atoms with Crippen LogP contribution in [-0.2, 0) is 0 Å². The lowest BCUT2D eigenvalue weighted by molar-refractivity contribution is 0.0940. The Bertz CT molecular complexity index is 623. The van der Waals surface area contributed by atoms with Gasteiger partial charge in [0.15, 0.2) is 0 Å². The molecular formula is C16H17BrN2O. The summed E-state index contributed by atoms with van der Waals surface area (Å²) in [5.41, 5.74) is 9.19. The van der Waals surface area contributed by atoms with Gasteiger partial charge in [0.05, 0.1) is 6.04 Å². The summed E-state index contributed by atoms with van der Waals surface area (Å²) in [6.45, 7) is 4.00. The number of aryl methyl sites for hydroxylation is 1. The Labute approximate surface area is 127 Å². The number of anilines is 1. The van der Waals surface area contributed by atoms with E-state index in [2.05, 4.69) is 21.2 Å². The summed E-state index contributed by atoms with van der Waals surface area (Å²) in [4.78, 5) is 12.2. The predicted molar refractivity (Wildman–Crippen MR) is 85.6 cm³/mol. The van der Waals surface area contributed by atoms with Crippen molar-refractivity contribution in [1.82, 2.24) is 5.32 Å². The number of nitrogens with one attached hydrogen (secondary N) is 1. The first kappa shape index (κ1) is 14.6. The molecule has 0 aliphatic rings. The second-order valence-corrected chi connectivity index (χ2v) is 5.70. The fourth-order valence-electron chi connectivity index (χ4n) is 1.90. The third-order valence-electron chi connectivity index (χ3n) is 3.18. The number of hydrogen-bond donors (Lipinski definition) is 2. The van der Waals surface area contributed by atoms with E-state index in [0.29, 0.717) is 11.3 Å². The molecule has 0 spiro atoms.